The predicted octanol–water partition coefficient (Wildman–Crippen LogP) is 4.16. The van der Waals surface area contributed by atoms with E-state index in [0.29, 0.717) is 28.7 Å². The predicted molar refractivity (Wildman–Crippen MR) is 117 cm³/mol. The van der Waals surface area contributed by atoms with Gasteiger partial charge in [-0.2, -0.15) is 4.68 Å². The number of hydrogen-bond acceptors (Lipinski definition) is 8. The number of rotatable bonds is 8. The molecule has 0 spiro atoms. The van der Waals surface area contributed by atoms with Crippen LogP contribution in [0.3, 0.4) is 0 Å². The Bertz CT molecular complexity index is 1210. The average Bonchev–Trinajstić information content (AvgIpc) is 3.31. The van der Waals surface area contributed by atoms with Gasteiger partial charge in [0.05, 0.1) is 34.1 Å². The summed E-state index contributed by atoms with van der Waals surface area (Å²) in [5.74, 6) is 2.66. The Balaban J connectivity index is 1.77. The standard InChI is InChI=1S/C23H22N4O5/c1-28-17-12-15(19-10-11-20(29-2)22(31-4)21(19)30-3)13-18(14-17)32-23-24-25-26-27(23)16-8-6-5-7-9-16/h5-14H,1-4H3. The lowest BCUT2D eigenvalue weighted by atomic mass is 10.0. The summed E-state index contributed by atoms with van der Waals surface area (Å²) < 4.78 is 29.6. The Kier molecular flexibility index (Phi) is 6.07. The molecule has 0 amide bonds. The summed E-state index contributed by atoms with van der Waals surface area (Å²) in [5.41, 5.74) is 2.34. The summed E-state index contributed by atoms with van der Waals surface area (Å²) in [4.78, 5) is 0. The van der Waals surface area contributed by atoms with E-state index in [1.807, 2.05) is 54.6 Å². The van der Waals surface area contributed by atoms with Gasteiger partial charge in [0.15, 0.2) is 11.5 Å². The van der Waals surface area contributed by atoms with E-state index >= 15 is 0 Å². The van der Waals surface area contributed by atoms with Gasteiger partial charge in [-0.15, -0.1) is 0 Å². The van der Waals surface area contributed by atoms with E-state index in [4.69, 9.17) is 23.7 Å². The molecule has 9 nitrogen and oxygen atoms in total. The van der Waals surface area contributed by atoms with Gasteiger partial charge in [-0.25, -0.2) is 0 Å². The van der Waals surface area contributed by atoms with Gasteiger partial charge in [-0.3, -0.25) is 0 Å². The molecular formula is C23H22N4O5. The van der Waals surface area contributed by atoms with Crippen LogP contribution in [0.1, 0.15) is 0 Å². The minimum Gasteiger partial charge on any atom is -0.497 e. The van der Waals surface area contributed by atoms with E-state index < -0.39 is 0 Å². The molecule has 0 aliphatic heterocycles. The molecule has 0 bridgehead atoms. The number of benzene rings is 3. The summed E-state index contributed by atoms with van der Waals surface area (Å²) in [6.07, 6.45) is 0. The lowest BCUT2D eigenvalue weighted by molar-refractivity contribution is 0.325. The van der Waals surface area contributed by atoms with E-state index in [-0.39, 0.29) is 6.01 Å². The summed E-state index contributed by atoms with van der Waals surface area (Å²) >= 11 is 0. The second-order valence-corrected chi connectivity index (χ2v) is 6.59. The Morgan fingerprint density at radius 2 is 1.47 bits per heavy atom. The highest BCUT2D eigenvalue weighted by atomic mass is 16.5. The van der Waals surface area contributed by atoms with Gasteiger partial charge in [0, 0.05) is 11.6 Å². The highest BCUT2D eigenvalue weighted by Gasteiger charge is 2.19. The van der Waals surface area contributed by atoms with Crippen molar-refractivity contribution in [2.75, 3.05) is 28.4 Å². The Morgan fingerprint density at radius 3 is 2.16 bits per heavy atom. The number of para-hydroxylation sites is 1. The van der Waals surface area contributed by atoms with Crippen LogP contribution in [0.2, 0.25) is 0 Å². The van der Waals surface area contributed by atoms with Crippen LogP contribution in [0, 0.1) is 0 Å². The maximum absolute atomic E-state index is 6.03. The normalized spacial score (nSPS) is 10.5. The maximum Gasteiger partial charge on any atom is 0.345 e. The molecule has 0 radical (unpaired) electrons. The zero-order chi connectivity index (χ0) is 22.5. The number of aromatic nitrogens is 4. The van der Waals surface area contributed by atoms with Gasteiger partial charge >= 0.3 is 6.01 Å². The summed E-state index contributed by atoms with van der Waals surface area (Å²) in [5, 5.41) is 11.8. The van der Waals surface area contributed by atoms with Crippen molar-refractivity contribution in [2.45, 2.75) is 0 Å². The van der Waals surface area contributed by atoms with Gasteiger partial charge in [-0.1, -0.05) is 23.3 Å². The van der Waals surface area contributed by atoms with Gasteiger partial charge in [0.25, 0.3) is 0 Å². The van der Waals surface area contributed by atoms with Crippen molar-refractivity contribution < 1.29 is 23.7 Å². The zero-order valence-electron chi connectivity index (χ0n) is 18.1. The van der Waals surface area contributed by atoms with Crippen LogP contribution < -0.4 is 23.7 Å². The Morgan fingerprint density at radius 1 is 0.719 bits per heavy atom. The second kappa shape index (κ2) is 9.25. The first-order valence-electron chi connectivity index (χ1n) is 9.68. The number of nitrogens with zero attached hydrogens (tertiary/aromatic N) is 4. The van der Waals surface area contributed by atoms with Crippen LogP contribution in [0.25, 0.3) is 16.8 Å². The molecule has 0 saturated carbocycles. The SMILES string of the molecule is COc1cc(Oc2nnnn2-c2ccccc2)cc(-c2ccc(OC)c(OC)c2OC)c1. The smallest absolute Gasteiger partial charge is 0.345 e. The van der Waals surface area contributed by atoms with Crippen molar-refractivity contribution in [1.82, 2.24) is 20.2 Å². The fourth-order valence-electron chi connectivity index (χ4n) is 3.31. The molecule has 0 fully saturated rings. The van der Waals surface area contributed by atoms with Crippen molar-refractivity contribution in [2.24, 2.45) is 0 Å². The summed E-state index contributed by atoms with van der Waals surface area (Å²) in [7, 11) is 6.30. The summed E-state index contributed by atoms with van der Waals surface area (Å²) in [6, 6.07) is 18.9. The summed E-state index contributed by atoms with van der Waals surface area (Å²) in [6.45, 7) is 0. The highest BCUT2D eigenvalue weighted by Crippen LogP contribution is 2.45. The molecule has 32 heavy (non-hydrogen) atoms. The molecule has 1 heterocycles. The van der Waals surface area contributed by atoms with Crippen molar-refractivity contribution in [3.63, 3.8) is 0 Å². The van der Waals surface area contributed by atoms with Crippen molar-refractivity contribution in [3.8, 4) is 51.6 Å². The quantitative estimate of drug-likeness (QED) is 0.408. The van der Waals surface area contributed by atoms with Crippen LogP contribution in [-0.4, -0.2) is 48.6 Å². The largest absolute Gasteiger partial charge is 0.497 e. The van der Waals surface area contributed by atoms with Gasteiger partial charge in [0.2, 0.25) is 5.75 Å². The molecule has 9 heteroatoms. The molecule has 0 aliphatic rings. The Hall–Kier alpha value is -4.27. The minimum atomic E-state index is 0.217. The minimum absolute atomic E-state index is 0.217. The molecular weight excluding hydrogens is 412 g/mol. The molecule has 1 aromatic heterocycles. The van der Waals surface area contributed by atoms with E-state index in [1.165, 1.54) is 4.68 Å². The maximum atomic E-state index is 6.03. The highest BCUT2D eigenvalue weighted by molar-refractivity contribution is 5.78. The fraction of sp³-hybridized carbons (Fsp3) is 0.174. The van der Waals surface area contributed by atoms with Crippen molar-refractivity contribution >= 4 is 0 Å². The second-order valence-electron chi connectivity index (χ2n) is 6.59. The Labute approximate surface area is 185 Å². The van der Waals surface area contributed by atoms with Gasteiger partial charge in [0.1, 0.15) is 11.5 Å². The van der Waals surface area contributed by atoms with Crippen LogP contribution in [0.4, 0.5) is 0 Å². The number of ether oxygens (including phenoxy) is 5. The first kappa shape index (κ1) is 21.0. The van der Waals surface area contributed by atoms with Crippen LogP contribution >= 0.6 is 0 Å². The number of methoxy groups -OCH3 is 4. The molecule has 0 aliphatic carbocycles. The van der Waals surface area contributed by atoms with Crippen LogP contribution in [0.5, 0.6) is 34.8 Å². The lowest BCUT2D eigenvalue weighted by Gasteiger charge is -2.17. The lowest BCUT2D eigenvalue weighted by Crippen LogP contribution is -2.00. The first-order valence-corrected chi connectivity index (χ1v) is 9.68. The van der Waals surface area contributed by atoms with E-state index in [9.17, 15) is 0 Å². The average molecular weight is 434 g/mol. The molecule has 0 unspecified atom stereocenters. The van der Waals surface area contributed by atoms with Crippen molar-refractivity contribution in [1.29, 1.82) is 0 Å². The first-order chi connectivity index (χ1) is 15.7. The van der Waals surface area contributed by atoms with E-state index in [2.05, 4.69) is 15.5 Å². The number of tetrazole rings is 1. The molecule has 0 N–H and O–H groups in total. The van der Waals surface area contributed by atoms with Crippen LogP contribution in [-0.2, 0) is 0 Å². The number of hydrogen-bond donors (Lipinski definition) is 0. The topological polar surface area (TPSA) is 89.8 Å². The molecule has 4 rings (SSSR count). The third-order valence-corrected chi connectivity index (χ3v) is 4.78. The van der Waals surface area contributed by atoms with Gasteiger partial charge in [-0.05, 0) is 52.4 Å². The third kappa shape index (κ3) is 4.00. The fourth-order valence-corrected chi connectivity index (χ4v) is 3.31. The van der Waals surface area contributed by atoms with E-state index in [1.54, 1.807) is 34.5 Å². The van der Waals surface area contributed by atoms with Crippen molar-refractivity contribution in [3.05, 3.63) is 60.7 Å². The van der Waals surface area contributed by atoms with Gasteiger partial charge < -0.3 is 23.7 Å². The molecule has 0 atom stereocenters. The molecule has 3 aromatic carbocycles. The monoisotopic (exact) mass is 434 g/mol. The van der Waals surface area contributed by atoms with Crippen LogP contribution in [0.15, 0.2) is 60.7 Å². The van der Waals surface area contributed by atoms with E-state index in [0.717, 1.165) is 16.8 Å². The molecule has 4 aromatic rings. The zero-order valence-corrected chi connectivity index (χ0v) is 18.1. The molecule has 0 saturated heterocycles. The third-order valence-electron chi connectivity index (χ3n) is 4.78. The molecule has 164 valence electrons.